The van der Waals surface area contributed by atoms with Crippen LogP contribution in [-0.4, -0.2) is 51.9 Å². The molecule has 0 radical (unpaired) electrons. The summed E-state index contributed by atoms with van der Waals surface area (Å²) >= 11 is 0. The number of likely N-dealkylation sites (N-methyl/N-ethyl adjacent to an activating group) is 1. The topological polar surface area (TPSA) is 86.3 Å². The number of nitrogens with zero attached hydrogens (tertiary/aromatic N) is 4. The third-order valence-electron chi connectivity index (χ3n) is 2.98. The lowest BCUT2D eigenvalue weighted by Crippen LogP contribution is -2.42. The Morgan fingerprint density at radius 1 is 1.65 bits per heavy atom. The van der Waals surface area contributed by atoms with Gasteiger partial charge in [0.05, 0.1) is 0 Å². The highest BCUT2D eigenvalue weighted by atomic mass is 16.5. The molecule has 2 N–H and O–H groups in total. The summed E-state index contributed by atoms with van der Waals surface area (Å²) in [7, 11) is 1.82. The lowest BCUT2D eigenvalue weighted by Gasteiger charge is -2.31. The normalized spacial score (nSPS) is 17.0. The van der Waals surface area contributed by atoms with Gasteiger partial charge < -0.3 is 15.4 Å². The number of carbonyl (C=O) groups is 1. The van der Waals surface area contributed by atoms with Crippen LogP contribution in [0.5, 0.6) is 0 Å². The van der Waals surface area contributed by atoms with Gasteiger partial charge in [-0.1, -0.05) is 0 Å². The van der Waals surface area contributed by atoms with Crippen LogP contribution >= 0.6 is 0 Å². The zero-order chi connectivity index (χ0) is 12.3. The molecule has 7 heteroatoms. The zero-order valence-corrected chi connectivity index (χ0v) is 9.87. The van der Waals surface area contributed by atoms with Crippen molar-refractivity contribution in [3.8, 4) is 0 Å². The van der Waals surface area contributed by atoms with Crippen molar-refractivity contribution in [3.05, 3.63) is 6.33 Å². The van der Waals surface area contributed by atoms with Gasteiger partial charge in [0.2, 0.25) is 11.9 Å². The molecule has 2 heterocycles. The first-order valence-electron chi connectivity index (χ1n) is 5.65. The van der Waals surface area contributed by atoms with E-state index in [9.17, 15) is 4.79 Å². The van der Waals surface area contributed by atoms with Gasteiger partial charge in [-0.05, 0) is 12.8 Å². The molecule has 0 unspecified atom stereocenters. The van der Waals surface area contributed by atoms with Crippen molar-refractivity contribution in [3.63, 3.8) is 0 Å². The van der Waals surface area contributed by atoms with Crippen molar-refractivity contribution in [2.75, 3.05) is 26.0 Å². The highest BCUT2D eigenvalue weighted by molar-refractivity contribution is 5.75. The molecule has 0 saturated carbocycles. The largest absolute Gasteiger partial charge is 0.381 e. The van der Waals surface area contributed by atoms with Gasteiger partial charge in [0, 0.05) is 26.3 Å². The second-order valence-corrected chi connectivity index (χ2v) is 4.15. The molecule has 2 rings (SSSR count). The molecule has 1 aliphatic rings. The molecule has 1 amide bonds. The quantitative estimate of drug-likeness (QED) is 0.768. The summed E-state index contributed by atoms with van der Waals surface area (Å²) in [6.45, 7) is 1.62. The van der Waals surface area contributed by atoms with Crippen LogP contribution in [0.2, 0.25) is 0 Å². The van der Waals surface area contributed by atoms with Gasteiger partial charge in [0.1, 0.15) is 12.9 Å². The summed E-state index contributed by atoms with van der Waals surface area (Å²) in [5, 5.41) is 3.89. The van der Waals surface area contributed by atoms with Gasteiger partial charge in [-0.3, -0.25) is 4.79 Å². The molecular weight excluding hydrogens is 222 g/mol. The van der Waals surface area contributed by atoms with Crippen LogP contribution in [0, 0.1) is 0 Å². The highest BCUT2D eigenvalue weighted by Gasteiger charge is 2.22. The van der Waals surface area contributed by atoms with Crippen LogP contribution in [-0.2, 0) is 16.1 Å². The first-order valence-corrected chi connectivity index (χ1v) is 5.65. The Labute approximate surface area is 99.5 Å². The van der Waals surface area contributed by atoms with E-state index in [1.807, 2.05) is 7.05 Å². The molecule has 1 saturated heterocycles. The lowest BCUT2D eigenvalue weighted by atomic mass is 10.1. The van der Waals surface area contributed by atoms with Crippen LogP contribution in [0.15, 0.2) is 6.33 Å². The number of hydrogen-bond donors (Lipinski definition) is 1. The average molecular weight is 239 g/mol. The van der Waals surface area contributed by atoms with Crippen molar-refractivity contribution in [1.29, 1.82) is 0 Å². The molecule has 94 valence electrons. The van der Waals surface area contributed by atoms with Gasteiger partial charge in [-0.15, -0.1) is 5.10 Å². The number of ether oxygens (including phenoxy) is 1. The Morgan fingerprint density at radius 3 is 2.94 bits per heavy atom. The molecular formula is C10H17N5O2. The lowest BCUT2D eigenvalue weighted by molar-refractivity contribution is -0.134. The van der Waals surface area contributed by atoms with E-state index in [-0.39, 0.29) is 24.4 Å². The number of rotatable bonds is 3. The molecule has 0 aliphatic carbocycles. The minimum absolute atomic E-state index is 0.0156. The monoisotopic (exact) mass is 239 g/mol. The van der Waals surface area contributed by atoms with Gasteiger partial charge >= 0.3 is 0 Å². The van der Waals surface area contributed by atoms with E-state index < -0.39 is 0 Å². The number of hydrogen-bond acceptors (Lipinski definition) is 5. The molecule has 1 aromatic rings. The minimum atomic E-state index is 0.0156. The molecule has 1 aromatic heterocycles. The minimum Gasteiger partial charge on any atom is -0.381 e. The zero-order valence-electron chi connectivity index (χ0n) is 9.87. The third kappa shape index (κ3) is 2.94. The number of carbonyl (C=O) groups excluding carboxylic acids is 1. The summed E-state index contributed by atoms with van der Waals surface area (Å²) in [6.07, 6.45) is 3.24. The van der Waals surface area contributed by atoms with Gasteiger partial charge in [0.15, 0.2) is 0 Å². The molecule has 1 aliphatic heterocycles. The fourth-order valence-electron chi connectivity index (χ4n) is 1.91. The van der Waals surface area contributed by atoms with Crippen molar-refractivity contribution in [1.82, 2.24) is 19.7 Å². The van der Waals surface area contributed by atoms with Gasteiger partial charge in [-0.25, -0.2) is 9.67 Å². The maximum atomic E-state index is 12.0. The number of nitrogen functional groups attached to an aromatic ring is 1. The van der Waals surface area contributed by atoms with E-state index in [0.717, 1.165) is 26.1 Å². The van der Waals surface area contributed by atoms with E-state index in [0.29, 0.717) is 0 Å². The summed E-state index contributed by atoms with van der Waals surface area (Å²) in [4.78, 5) is 17.5. The highest BCUT2D eigenvalue weighted by Crippen LogP contribution is 2.13. The number of amides is 1. The second-order valence-electron chi connectivity index (χ2n) is 4.15. The molecule has 0 spiro atoms. The first kappa shape index (κ1) is 11.8. The summed E-state index contributed by atoms with van der Waals surface area (Å²) < 4.78 is 6.72. The predicted octanol–water partition coefficient (Wildman–Crippen LogP) is -0.502. The van der Waals surface area contributed by atoms with E-state index >= 15 is 0 Å². The first-order chi connectivity index (χ1) is 8.16. The number of aromatic nitrogens is 3. The van der Waals surface area contributed by atoms with E-state index in [4.69, 9.17) is 10.5 Å². The molecule has 0 bridgehead atoms. The van der Waals surface area contributed by atoms with Crippen LogP contribution in [0.4, 0.5) is 5.95 Å². The van der Waals surface area contributed by atoms with Crippen molar-refractivity contribution in [2.45, 2.75) is 25.4 Å². The molecule has 0 atom stereocenters. The smallest absolute Gasteiger partial charge is 0.244 e. The van der Waals surface area contributed by atoms with Crippen LogP contribution in [0.25, 0.3) is 0 Å². The third-order valence-corrected chi connectivity index (χ3v) is 2.98. The van der Waals surface area contributed by atoms with Crippen LogP contribution < -0.4 is 5.73 Å². The summed E-state index contributed by atoms with van der Waals surface area (Å²) in [5.74, 6) is 0.202. The fourth-order valence-corrected chi connectivity index (χ4v) is 1.91. The summed E-state index contributed by atoms with van der Waals surface area (Å²) in [5.41, 5.74) is 5.39. The standard InChI is InChI=1S/C10H17N5O2/c1-14(8-2-4-17-5-3-8)9(16)6-15-7-12-10(11)13-15/h7-8H,2-6H2,1H3,(H2,11,13). The second kappa shape index (κ2) is 5.13. The Hall–Kier alpha value is -1.63. The SMILES string of the molecule is CN(C(=O)Cn1cnc(N)n1)C1CCOCC1. The Kier molecular flexibility index (Phi) is 3.58. The van der Waals surface area contributed by atoms with Crippen LogP contribution in [0.1, 0.15) is 12.8 Å². The fraction of sp³-hybridized carbons (Fsp3) is 0.700. The van der Waals surface area contributed by atoms with E-state index in [1.165, 1.54) is 11.0 Å². The molecule has 17 heavy (non-hydrogen) atoms. The molecule has 1 fully saturated rings. The van der Waals surface area contributed by atoms with Crippen LogP contribution in [0.3, 0.4) is 0 Å². The Balaban J connectivity index is 1.90. The van der Waals surface area contributed by atoms with Crippen molar-refractivity contribution < 1.29 is 9.53 Å². The average Bonchev–Trinajstić information content (AvgIpc) is 2.75. The number of anilines is 1. The van der Waals surface area contributed by atoms with E-state index in [1.54, 1.807) is 4.90 Å². The molecule has 0 aromatic carbocycles. The summed E-state index contributed by atoms with van der Waals surface area (Å²) in [6, 6.07) is 0.261. The maximum absolute atomic E-state index is 12.0. The van der Waals surface area contributed by atoms with Crippen molar-refractivity contribution in [2.24, 2.45) is 0 Å². The van der Waals surface area contributed by atoms with E-state index in [2.05, 4.69) is 10.1 Å². The number of nitrogens with two attached hydrogens (primary N) is 1. The van der Waals surface area contributed by atoms with Gasteiger partial charge in [-0.2, -0.15) is 0 Å². The Bertz CT molecular complexity index is 386. The molecule has 7 nitrogen and oxygen atoms in total. The predicted molar refractivity (Wildman–Crippen MR) is 61.0 cm³/mol. The van der Waals surface area contributed by atoms with Gasteiger partial charge in [0.25, 0.3) is 0 Å². The van der Waals surface area contributed by atoms with Crippen molar-refractivity contribution >= 4 is 11.9 Å². The maximum Gasteiger partial charge on any atom is 0.244 e. The Morgan fingerprint density at radius 2 is 2.35 bits per heavy atom.